The Morgan fingerprint density at radius 1 is 1.22 bits per heavy atom. The van der Waals surface area contributed by atoms with Gasteiger partial charge in [0.25, 0.3) is 0 Å². The standard InChI is InChI=1S/C22H28N2O2S/c1-26-20-6-3-2-5-19(20)24(8-4-7-23)21(25)15-27-22-12-16-9-17(13-22)11-18(10-16)14-22/h2-3,5-6,16-18H,4,8-15H2,1H3. The van der Waals surface area contributed by atoms with Gasteiger partial charge in [0, 0.05) is 11.3 Å². The molecule has 0 unspecified atom stereocenters. The smallest absolute Gasteiger partial charge is 0.237 e. The second kappa shape index (κ2) is 7.75. The van der Waals surface area contributed by atoms with E-state index in [4.69, 9.17) is 10.00 Å². The van der Waals surface area contributed by atoms with Crippen molar-refractivity contribution in [3.05, 3.63) is 24.3 Å². The summed E-state index contributed by atoms with van der Waals surface area (Å²) in [5, 5.41) is 9.03. The average molecular weight is 385 g/mol. The van der Waals surface area contributed by atoms with Crippen molar-refractivity contribution in [3.8, 4) is 11.8 Å². The molecule has 4 fully saturated rings. The van der Waals surface area contributed by atoms with Crippen molar-refractivity contribution in [2.75, 3.05) is 24.3 Å². The van der Waals surface area contributed by atoms with E-state index in [2.05, 4.69) is 6.07 Å². The molecule has 5 heteroatoms. The Kier molecular flexibility index (Phi) is 5.36. The summed E-state index contributed by atoms with van der Waals surface area (Å²) in [6.07, 6.45) is 8.47. The van der Waals surface area contributed by atoms with Crippen LogP contribution in [0.4, 0.5) is 5.69 Å². The van der Waals surface area contributed by atoms with Crippen molar-refractivity contribution < 1.29 is 9.53 Å². The first-order chi connectivity index (χ1) is 13.1. The van der Waals surface area contributed by atoms with Crippen molar-refractivity contribution in [2.24, 2.45) is 17.8 Å². The fraction of sp³-hybridized carbons (Fsp3) is 0.636. The lowest BCUT2D eigenvalue weighted by Gasteiger charge is -2.56. The van der Waals surface area contributed by atoms with Crippen LogP contribution in [0, 0.1) is 29.1 Å². The minimum Gasteiger partial charge on any atom is -0.495 e. The Morgan fingerprint density at radius 2 is 1.85 bits per heavy atom. The molecule has 4 saturated carbocycles. The highest BCUT2D eigenvalue weighted by Gasteiger charge is 2.51. The highest BCUT2D eigenvalue weighted by atomic mass is 32.2. The number of amides is 1. The fourth-order valence-corrected chi connectivity index (χ4v) is 7.54. The van der Waals surface area contributed by atoms with E-state index >= 15 is 0 Å². The third-order valence-corrected chi connectivity index (χ3v) is 8.11. The van der Waals surface area contributed by atoms with Crippen LogP contribution in [0.15, 0.2) is 24.3 Å². The topological polar surface area (TPSA) is 53.3 Å². The number of methoxy groups -OCH3 is 1. The van der Waals surface area contributed by atoms with Gasteiger partial charge in [-0.05, 0) is 68.4 Å². The first-order valence-electron chi connectivity index (χ1n) is 10.1. The summed E-state index contributed by atoms with van der Waals surface area (Å²) < 4.78 is 5.78. The number of thioether (sulfide) groups is 1. The largest absolute Gasteiger partial charge is 0.495 e. The number of ether oxygens (including phenoxy) is 1. The highest BCUT2D eigenvalue weighted by molar-refractivity contribution is 8.01. The maximum atomic E-state index is 13.2. The minimum absolute atomic E-state index is 0.0931. The molecule has 5 rings (SSSR count). The molecule has 4 aliphatic carbocycles. The van der Waals surface area contributed by atoms with Crippen molar-refractivity contribution in [3.63, 3.8) is 0 Å². The molecule has 144 valence electrons. The molecule has 27 heavy (non-hydrogen) atoms. The van der Waals surface area contributed by atoms with Gasteiger partial charge >= 0.3 is 0 Å². The van der Waals surface area contributed by atoms with Gasteiger partial charge in [-0.15, -0.1) is 11.8 Å². The maximum absolute atomic E-state index is 13.2. The molecule has 0 N–H and O–H groups in total. The van der Waals surface area contributed by atoms with Crippen LogP contribution in [0.3, 0.4) is 0 Å². The fourth-order valence-electron chi connectivity index (χ4n) is 5.89. The molecule has 0 aromatic heterocycles. The van der Waals surface area contributed by atoms with Crippen molar-refractivity contribution in [1.29, 1.82) is 5.26 Å². The summed E-state index contributed by atoms with van der Waals surface area (Å²) in [7, 11) is 1.62. The van der Waals surface area contributed by atoms with Crippen LogP contribution >= 0.6 is 11.8 Å². The molecule has 0 aliphatic heterocycles. The van der Waals surface area contributed by atoms with Gasteiger partial charge < -0.3 is 9.64 Å². The molecule has 0 radical (unpaired) electrons. The summed E-state index contributed by atoms with van der Waals surface area (Å²) in [5.74, 6) is 3.95. The number of carbonyl (C=O) groups is 1. The number of rotatable bonds is 7. The van der Waals surface area contributed by atoms with Gasteiger partial charge in [-0.3, -0.25) is 4.79 Å². The second-order valence-corrected chi connectivity index (χ2v) is 9.96. The Bertz CT molecular complexity index is 707. The number of hydrogen-bond acceptors (Lipinski definition) is 4. The van der Waals surface area contributed by atoms with Gasteiger partial charge in [0.1, 0.15) is 5.75 Å². The third-order valence-electron chi connectivity index (χ3n) is 6.61. The van der Waals surface area contributed by atoms with E-state index in [9.17, 15) is 4.79 Å². The summed E-state index contributed by atoms with van der Waals surface area (Å²) in [6.45, 7) is 0.414. The van der Waals surface area contributed by atoms with Crippen molar-refractivity contribution >= 4 is 23.4 Å². The molecule has 0 saturated heterocycles. The van der Waals surface area contributed by atoms with Crippen LogP contribution in [-0.4, -0.2) is 30.1 Å². The van der Waals surface area contributed by atoms with Gasteiger partial charge in [0.2, 0.25) is 5.91 Å². The number of anilines is 1. The molecule has 1 aromatic carbocycles. The van der Waals surface area contributed by atoms with Gasteiger partial charge in [-0.25, -0.2) is 0 Å². The van der Waals surface area contributed by atoms with E-state index in [0.717, 1.165) is 23.4 Å². The van der Waals surface area contributed by atoms with Crippen LogP contribution in [0.2, 0.25) is 0 Å². The Labute approximate surface area is 166 Å². The molecule has 1 aromatic rings. The summed E-state index contributed by atoms with van der Waals surface area (Å²) in [5.41, 5.74) is 0.770. The molecule has 4 aliphatic rings. The van der Waals surface area contributed by atoms with Crippen LogP contribution in [-0.2, 0) is 4.79 Å². The molecular formula is C22H28N2O2S. The Balaban J connectivity index is 1.47. The average Bonchev–Trinajstić information content (AvgIpc) is 2.66. The number of para-hydroxylation sites is 2. The van der Waals surface area contributed by atoms with E-state index < -0.39 is 0 Å². The van der Waals surface area contributed by atoms with Gasteiger partial charge in [0.05, 0.1) is 31.0 Å². The number of benzene rings is 1. The predicted octanol–water partition coefficient (Wildman–Crippen LogP) is 4.64. The van der Waals surface area contributed by atoms with Crippen LogP contribution in [0.5, 0.6) is 5.75 Å². The SMILES string of the molecule is COc1ccccc1N(CCC#N)C(=O)CSC12CC3CC(CC(C3)C1)C2. The van der Waals surface area contributed by atoms with E-state index in [1.54, 1.807) is 12.0 Å². The maximum Gasteiger partial charge on any atom is 0.237 e. The van der Waals surface area contributed by atoms with Crippen LogP contribution in [0.25, 0.3) is 0 Å². The molecule has 0 spiro atoms. The molecule has 4 bridgehead atoms. The van der Waals surface area contributed by atoms with E-state index in [1.165, 1.54) is 38.5 Å². The highest BCUT2D eigenvalue weighted by Crippen LogP contribution is 2.60. The zero-order valence-electron chi connectivity index (χ0n) is 16.0. The third kappa shape index (κ3) is 3.82. The van der Waals surface area contributed by atoms with Gasteiger partial charge in [0.15, 0.2) is 0 Å². The number of carbonyl (C=O) groups excluding carboxylic acids is 1. The van der Waals surface area contributed by atoms with E-state index in [0.29, 0.717) is 29.2 Å². The number of nitriles is 1. The molecular weight excluding hydrogens is 356 g/mol. The van der Waals surface area contributed by atoms with Crippen LogP contribution < -0.4 is 9.64 Å². The van der Waals surface area contributed by atoms with Gasteiger partial charge in [-0.2, -0.15) is 5.26 Å². The molecule has 0 atom stereocenters. The normalized spacial score (nSPS) is 30.7. The van der Waals surface area contributed by atoms with Crippen LogP contribution in [0.1, 0.15) is 44.9 Å². The lowest BCUT2D eigenvalue weighted by Crippen LogP contribution is -2.49. The first kappa shape index (κ1) is 18.7. The first-order valence-corrected chi connectivity index (χ1v) is 11.1. The minimum atomic E-state index is 0.0931. The zero-order valence-corrected chi connectivity index (χ0v) is 16.8. The monoisotopic (exact) mass is 384 g/mol. The quantitative estimate of drug-likeness (QED) is 0.687. The lowest BCUT2D eigenvalue weighted by molar-refractivity contribution is -0.116. The molecule has 0 heterocycles. The Hall–Kier alpha value is -1.67. The van der Waals surface area contributed by atoms with Crippen molar-refractivity contribution in [1.82, 2.24) is 0 Å². The summed E-state index contributed by atoms with van der Waals surface area (Å²) >= 11 is 1.90. The lowest BCUT2D eigenvalue weighted by atomic mass is 9.56. The second-order valence-electron chi connectivity index (χ2n) is 8.51. The predicted molar refractivity (Wildman–Crippen MR) is 109 cm³/mol. The Morgan fingerprint density at radius 3 is 2.44 bits per heavy atom. The number of nitrogens with zero attached hydrogens (tertiary/aromatic N) is 2. The van der Waals surface area contributed by atoms with Crippen molar-refractivity contribution in [2.45, 2.75) is 49.7 Å². The molecule has 1 amide bonds. The van der Waals surface area contributed by atoms with Gasteiger partial charge in [-0.1, -0.05) is 12.1 Å². The summed E-state index contributed by atoms with van der Waals surface area (Å²) in [6, 6.07) is 9.76. The van der Waals surface area contributed by atoms with E-state index in [-0.39, 0.29) is 5.91 Å². The summed E-state index contributed by atoms with van der Waals surface area (Å²) in [4.78, 5) is 14.9. The molecule has 4 nitrogen and oxygen atoms in total. The zero-order chi connectivity index (χ0) is 18.9. The number of hydrogen-bond donors (Lipinski definition) is 0. The van der Waals surface area contributed by atoms with E-state index in [1.807, 2.05) is 36.0 Å².